The predicted molar refractivity (Wildman–Crippen MR) is 77.1 cm³/mol. The van der Waals surface area contributed by atoms with Crippen LogP contribution in [0, 0.1) is 5.92 Å². The van der Waals surface area contributed by atoms with Gasteiger partial charge in [-0.3, -0.25) is 0 Å². The number of benzene rings is 1. The van der Waals surface area contributed by atoms with Gasteiger partial charge < -0.3 is 10.1 Å². The molecule has 1 fully saturated rings. The maximum absolute atomic E-state index is 5.47. The van der Waals surface area contributed by atoms with Crippen LogP contribution in [0.4, 0.5) is 5.69 Å². The van der Waals surface area contributed by atoms with Gasteiger partial charge in [-0.15, -0.1) is 0 Å². The van der Waals surface area contributed by atoms with Gasteiger partial charge in [0.15, 0.2) is 0 Å². The fraction of sp³-hybridized carbons (Fsp3) is 0.625. The number of anilines is 1. The van der Waals surface area contributed by atoms with Crippen LogP contribution in [-0.4, -0.2) is 19.3 Å². The summed E-state index contributed by atoms with van der Waals surface area (Å²) in [4.78, 5) is 0. The molecular weight excluding hydrogens is 222 g/mol. The van der Waals surface area contributed by atoms with E-state index in [1.807, 2.05) is 0 Å². The molecule has 2 rings (SSSR count). The second-order valence-corrected chi connectivity index (χ2v) is 5.39. The fourth-order valence-corrected chi connectivity index (χ4v) is 2.46. The monoisotopic (exact) mass is 247 g/mol. The van der Waals surface area contributed by atoms with Crippen molar-refractivity contribution in [1.82, 2.24) is 0 Å². The molecule has 2 heteroatoms. The van der Waals surface area contributed by atoms with Gasteiger partial charge in [0.2, 0.25) is 0 Å². The lowest BCUT2D eigenvalue weighted by Gasteiger charge is -2.30. The Morgan fingerprint density at radius 3 is 2.72 bits per heavy atom. The Hall–Kier alpha value is -1.02. The summed E-state index contributed by atoms with van der Waals surface area (Å²) in [5, 5.41) is 3.63. The first-order chi connectivity index (χ1) is 8.79. The second kappa shape index (κ2) is 6.79. The SMILES string of the molecule is CCCCc1ccc(NC2CCOCC2C)cc1. The molecule has 1 N–H and O–H groups in total. The van der Waals surface area contributed by atoms with Gasteiger partial charge in [-0.25, -0.2) is 0 Å². The molecule has 2 unspecified atom stereocenters. The summed E-state index contributed by atoms with van der Waals surface area (Å²) in [6.07, 6.45) is 4.85. The zero-order valence-electron chi connectivity index (χ0n) is 11.6. The van der Waals surface area contributed by atoms with E-state index in [0.717, 1.165) is 19.6 Å². The van der Waals surface area contributed by atoms with Crippen LogP contribution in [0.15, 0.2) is 24.3 Å². The number of rotatable bonds is 5. The van der Waals surface area contributed by atoms with Gasteiger partial charge in [0, 0.05) is 18.3 Å². The van der Waals surface area contributed by atoms with Crippen LogP contribution in [0.1, 0.15) is 38.7 Å². The van der Waals surface area contributed by atoms with Crippen LogP contribution >= 0.6 is 0 Å². The molecule has 1 aliphatic heterocycles. The van der Waals surface area contributed by atoms with Gasteiger partial charge in [0.1, 0.15) is 0 Å². The lowest BCUT2D eigenvalue weighted by atomic mass is 9.97. The summed E-state index contributed by atoms with van der Waals surface area (Å²) in [7, 11) is 0. The minimum absolute atomic E-state index is 0.556. The van der Waals surface area contributed by atoms with Crippen LogP contribution in [-0.2, 0) is 11.2 Å². The van der Waals surface area contributed by atoms with Crippen LogP contribution in [0.5, 0.6) is 0 Å². The van der Waals surface area contributed by atoms with Crippen molar-refractivity contribution < 1.29 is 4.74 Å². The van der Waals surface area contributed by atoms with E-state index in [4.69, 9.17) is 4.74 Å². The molecule has 0 aliphatic carbocycles. The van der Waals surface area contributed by atoms with Crippen LogP contribution in [0.2, 0.25) is 0 Å². The lowest BCUT2D eigenvalue weighted by Crippen LogP contribution is -2.35. The Labute approximate surface area is 111 Å². The Kier molecular flexibility index (Phi) is 5.06. The summed E-state index contributed by atoms with van der Waals surface area (Å²) in [5.74, 6) is 0.596. The molecule has 2 atom stereocenters. The molecule has 0 bridgehead atoms. The molecule has 0 radical (unpaired) electrons. The molecule has 2 nitrogen and oxygen atoms in total. The summed E-state index contributed by atoms with van der Waals surface area (Å²) < 4.78 is 5.47. The maximum Gasteiger partial charge on any atom is 0.0511 e. The molecule has 1 heterocycles. The molecular formula is C16H25NO. The number of hydrogen-bond acceptors (Lipinski definition) is 2. The molecule has 0 spiro atoms. The third-order valence-corrected chi connectivity index (χ3v) is 3.77. The van der Waals surface area contributed by atoms with Gasteiger partial charge in [0.25, 0.3) is 0 Å². The smallest absolute Gasteiger partial charge is 0.0511 e. The van der Waals surface area contributed by atoms with Gasteiger partial charge >= 0.3 is 0 Å². The van der Waals surface area contributed by atoms with E-state index >= 15 is 0 Å². The van der Waals surface area contributed by atoms with Crippen molar-refractivity contribution in [3.05, 3.63) is 29.8 Å². The van der Waals surface area contributed by atoms with E-state index in [0.29, 0.717) is 12.0 Å². The van der Waals surface area contributed by atoms with E-state index < -0.39 is 0 Å². The van der Waals surface area contributed by atoms with E-state index in [1.54, 1.807) is 0 Å². The van der Waals surface area contributed by atoms with Gasteiger partial charge in [-0.05, 0) is 42.9 Å². The van der Waals surface area contributed by atoms with Crippen molar-refractivity contribution in [2.45, 2.75) is 45.6 Å². The highest BCUT2D eigenvalue weighted by Crippen LogP contribution is 2.20. The fourth-order valence-electron chi connectivity index (χ4n) is 2.46. The van der Waals surface area contributed by atoms with E-state index in [-0.39, 0.29) is 0 Å². The Morgan fingerprint density at radius 2 is 2.06 bits per heavy atom. The number of ether oxygens (including phenoxy) is 1. The summed E-state index contributed by atoms with van der Waals surface area (Å²) in [5.41, 5.74) is 2.69. The van der Waals surface area contributed by atoms with Crippen LogP contribution in [0.25, 0.3) is 0 Å². The number of aryl methyl sites for hydroxylation is 1. The van der Waals surface area contributed by atoms with E-state index in [9.17, 15) is 0 Å². The highest BCUT2D eigenvalue weighted by Gasteiger charge is 2.21. The molecule has 0 aromatic heterocycles. The molecule has 0 amide bonds. The highest BCUT2D eigenvalue weighted by molar-refractivity contribution is 5.45. The zero-order chi connectivity index (χ0) is 12.8. The van der Waals surface area contributed by atoms with Crippen molar-refractivity contribution in [2.75, 3.05) is 18.5 Å². The van der Waals surface area contributed by atoms with Gasteiger partial charge in [-0.1, -0.05) is 32.4 Å². The topological polar surface area (TPSA) is 21.3 Å². The van der Waals surface area contributed by atoms with Crippen molar-refractivity contribution in [2.24, 2.45) is 5.92 Å². The summed E-state index contributed by atoms with van der Waals surface area (Å²) in [6.45, 7) is 6.26. The first-order valence-corrected chi connectivity index (χ1v) is 7.23. The normalized spacial score (nSPS) is 23.9. The Morgan fingerprint density at radius 1 is 1.28 bits per heavy atom. The first kappa shape index (κ1) is 13.4. The minimum Gasteiger partial charge on any atom is -0.382 e. The second-order valence-electron chi connectivity index (χ2n) is 5.39. The standard InChI is InChI=1S/C16H25NO/c1-3-4-5-14-6-8-15(9-7-14)17-16-10-11-18-12-13(16)2/h6-9,13,16-17H,3-5,10-12H2,1-2H3. The van der Waals surface area contributed by atoms with Crippen molar-refractivity contribution in [3.8, 4) is 0 Å². The van der Waals surface area contributed by atoms with Crippen LogP contribution < -0.4 is 5.32 Å². The lowest BCUT2D eigenvalue weighted by molar-refractivity contribution is 0.0538. The van der Waals surface area contributed by atoms with Gasteiger partial charge in [-0.2, -0.15) is 0 Å². The largest absolute Gasteiger partial charge is 0.382 e. The highest BCUT2D eigenvalue weighted by atomic mass is 16.5. The third-order valence-electron chi connectivity index (χ3n) is 3.77. The molecule has 1 saturated heterocycles. The maximum atomic E-state index is 5.47. The molecule has 100 valence electrons. The van der Waals surface area contributed by atoms with Gasteiger partial charge in [0.05, 0.1) is 6.61 Å². The molecule has 0 saturated carbocycles. The third kappa shape index (κ3) is 3.74. The molecule has 1 aromatic carbocycles. The Bertz CT molecular complexity index is 347. The predicted octanol–water partition coefficient (Wildman–Crippen LogP) is 3.87. The average molecular weight is 247 g/mol. The molecule has 1 aromatic rings. The average Bonchev–Trinajstić information content (AvgIpc) is 2.41. The minimum atomic E-state index is 0.556. The Balaban J connectivity index is 1.89. The van der Waals surface area contributed by atoms with Crippen molar-refractivity contribution >= 4 is 5.69 Å². The van der Waals surface area contributed by atoms with Crippen molar-refractivity contribution in [3.63, 3.8) is 0 Å². The zero-order valence-corrected chi connectivity index (χ0v) is 11.6. The first-order valence-electron chi connectivity index (χ1n) is 7.23. The number of unbranched alkanes of at least 4 members (excludes halogenated alkanes) is 1. The number of hydrogen-bond donors (Lipinski definition) is 1. The molecule has 1 aliphatic rings. The number of nitrogens with one attached hydrogen (secondary N) is 1. The summed E-state index contributed by atoms with van der Waals surface area (Å²) >= 11 is 0. The summed E-state index contributed by atoms with van der Waals surface area (Å²) in [6, 6.07) is 9.49. The van der Waals surface area contributed by atoms with Crippen LogP contribution in [0.3, 0.4) is 0 Å². The van der Waals surface area contributed by atoms with E-state index in [2.05, 4.69) is 43.4 Å². The van der Waals surface area contributed by atoms with E-state index in [1.165, 1.54) is 30.5 Å². The quantitative estimate of drug-likeness (QED) is 0.853. The molecule has 18 heavy (non-hydrogen) atoms. The van der Waals surface area contributed by atoms with Crippen molar-refractivity contribution in [1.29, 1.82) is 0 Å².